The zero-order valence-corrected chi connectivity index (χ0v) is 12.8. The topological polar surface area (TPSA) is 59.6 Å². The predicted molar refractivity (Wildman–Crippen MR) is 85.6 cm³/mol. The third-order valence-electron chi connectivity index (χ3n) is 2.54. The van der Waals surface area contributed by atoms with Crippen molar-refractivity contribution < 1.29 is 4.74 Å². The summed E-state index contributed by atoms with van der Waals surface area (Å²) in [4.78, 5) is 4.16. The standard InChI is InChI=1S/C15H22ClN3O/c1-4-20-14-6-5-13(16)9-12(14)7-8-18-15(17)19-10-11(2)3/h5-6,9H,2,4,7-8,10H2,1,3H3,(H3,17,18,19). The largest absolute Gasteiger partial charge is 0.494 e. The van der Waals surface area contributed by atoms with E-state index >= 15 is 0 Å². The van der Waals surface area contributed by atoms with Gasteiger partial charge in [0.15, 0.2) is 5.96 Å². The average Bonchev–Trinajstić information content (AvgIpc) is 2.39. The summed E-state index contributed by atoms with van der Waals surface area (Å²) >= 11 is 6.01. The van der Waals surface area contributed by atoms with Gasteiger partial charge in [-0.3, -0.25) is 0 Å². The molecule has 0 saturated heterocycles. The molecule has 110 valence electrons. The van der Waals surface area contributed by atoms with Crippen molar-refractivity contribution in [3.63, 3.8) is 0 Å². The van der Waals surface area contributed by atoms with Gasteiger partial charge in [0.25, 0.3) is 0 Å². The summed E-state index contributed by atoms with van der Waals surface area (Å²) in [5.41, 5.74) is 7.78. The Labute approximate surface area is 125 Å². The van der Waals surface area contributed by atoms with E-state index in [2.05, 4.69) is 16.9 Å². The number of hydrogen-bond acceptors (Lipinski definition) is 2. The van der Waals surface area contributed by atoms with Gasteiger partial charge >= 0.3 is 0 Å². The molecule has 0 saturated carbocycles. The lowest BCUT2D eigenvalue weighted by Crippen LogP contribution is -2.33. The normalized spacial score (nSPS) is 11.2. The predicted octanol–water partition coefficient (Wildman–Crippen LogP) is 2.76. The molecule has 1 aromatic rings. The number of guanidine groups is 1. The summed E-state index contributed by atoms with van der Waals surface area (Å²) in [6.07, 6.45) is 0.763. The Morgan fingerprint density at radius 1 is 1.50 bits per heavy atom. The van der Waals surface area contributed by atoms with Gasteiger partial charge in [-0.15, -0.1) is 0 Å². The van der Waals surface area contributed by atoms with Gasteiger partial charge < -0.3 is 15.8 Å². The van der Waals surface area contributed by atoms with Crippen LogP contribution in [0.25, 0.3) is 0 Å². The van der Waals surface area contributed by atoms with Crippen molar-refractivity contribution >= 4 is 17.6 Å². The monoisotopic (exact) mass is 295 g/mol. The highest BCUT2D eigenvalue weighted by Crippen LogP contribution is 2.23. The van der Waals surface area contributed by atoms with Crippen LogP contribution in [0.3, 0.4) is 0 Å². The van der Waals surface area contributed by atoms with E-state index in [0.717, 1.165) is 23.3 Å². The van der Waals surface area contributed by atoms with E-state index in [4.69, 9.17) is 22.1 Å². The minimum Gasteiger partial charge on any atom is -0.494 e. The van der Waals surface area contributed by atoms with Crippen LogP contribution in [0.1, 0.15) is 19.4 Å². The molecule has 0 unspecified atom stereocenters. The first-order valence-electron chi connectivity index (χ1n) is 6.62. The molecule has 4 nitrogen and oxygen atoms in total. The molecule has 0 bridgehead atoms. The molecule has 0 aliphatic heterocycles. The Bertz CT molecular complexity index is 486. The molecule has 0 fully saturated rings. The van der Waals surface area contributed by atoms with Crippen LogP contribution in [-0.2, 0) is 6.42 Å². The number of hydrogen-bond donors (Lipinski definition) is 2. The van der Waals surface area contributed by atoms with Crippen molar-refractivity contribution in [2.24, 2.45) is 10.7 Å². The fraction of sp³-hybridized carbons (Fsp3) is 0.400. The second kappa shape index (κ2) is 8.48. The van der Waals surface area contributed by atoms with Crippen LogP contribution in [0.2, 0.25) is 5.02 Å². The molecule has 0 radical (unpaired) electrons. The zero-order valence-electron chi connectivity index (χ0n) is 12.1. The minimum atomic E-state index is 0.424. The van der Waals surface area contributed by atoms with Crippen molar-refractivity contribution in [1.29, 1.82) is 0 Å². The Hall–Kier alpha value is -1.68. The lowest BCUT2D eigenvalue weighted by molar-refractivity contribution is 0.336. The molecular formula is C15H22ClN3O. The average molecular weight is 296 g/mol. The molecule has 0 atom stereocenters. The summed E-state index contributed by atoms with van der Waals surface area (Å²) in [6.45, 7) is 9.49. The second-order valence-electron chi connectivity index (χ2n) is 4.52. The van der Waals surface area contributed by atoms with Gasteiger partial charge in [-0.05, 0) is 44.0 Å². The molecule has 3 N–H and O–H groups in total. The number of nitrogens with two attached hydrogens (primary N) is 1. The van der Waals surface area contributed by atoms with Crippen LogP contribution in [0.5, 0.6) is 5.75 Å². The van der Waals surface area contributed by atoms with E-state index in [1.54, 1.807) is 0 Å². The van der Waals surface area contributed by atoms with Crippen molar-refractivity contribution in [3.8, 4) is 5.75 Å². The first kappa shape index (κ1) is 16.4. The van der Waals surface area contributed by atoms with Gasteiger partial charge in [0.2, 0.25) is 0 Å². The highest BCUT2D eigenvalue weighted by atomic mass is 35.5. The molecule has 0 aromatic heterocycles. The molecule has 1 rings (SSSR count). The quantitative estimate of drug-likeness (QED) is 0.462. The number of nitrogens with one attached hydrogen (secondary N) is 1. The van der Waals surface area contributed by atoms with Crippen LogP contribution < -0.4 is 15.8 Å². The van der Waals surface area contributed by atoms with Crippen LogP contribution in [0.15, 0.2) is 35.3 Å². The van der Waals surface area contributed by atoms with Gasteiger partial charge in [-0.25, -0.2) is 4.99 Å². The maximum Gasteiger partial charge on any atom is 0.188 e. The fourth-order valence-electron chi connectivity index (χ4n) is 1.64. The lowest BCUT2D eigenvalue weighted by atomic mass is 10.1. The Morgan fingerprint density at radius 3 is 2.90 bits per heavy atom. The number of halogens is 1. The van der Waals surface area contributed by atoms with E-state index in [1.807, 2.05) is 32.0 Å². The lowest BCUT2D eigenvalue weighted by Gasteiger charge is -2.11. The van der Waals surface area contributed by atoms with E-state index in [0.29, 0.717) is 30.7 Å². The highest BCUT2D eigenvalue weighted by molar-refractivity contribution is 6.30. The van der Waals surface area contributed by atoms with Crippen molar-refractivity contribution in [3.05, 3.63) is 40.9 Å². The third-order valence-corrected chi connectivity index (χ3v) is 2.78. The molecule has 1 aromatic carbocycles. The van der Waals surface area contributed by atoms with E-state index in [-0.39, 0.29) is 0 Å². The molecule has 0 heterocycles. The van der Waals surface area contributed by atoms with Gasteiger partial charge in [0, 0.05) is 11.6 Å². The maximum absolute atomic E-state index is 6.01. The smallest absolute Gasteiger partial charge is 0.188 e. The van der Waals surface area contributed by atoms with Crippen molar-refractivity contribution in [2.45, 2.75) is 20.3 Å². The Kier molecular flexibility index (Phi) is 6.94. The summed E-state index contributed by atoms with van der Waals surface area (Å²) in [6, 6.07) is 5.63. The van der Waals surface area contributed by atoms with E-state index in [9.17, 15) is 0 Å². The first-order chi connectivity index (χ1) is 9.52. The number of aliphatic imine (C=N–C) groups is 1. The van der Waals surface area contributed by atoms with Crippen molar-refractivity contribution in [2.75, 3.05) is 19.7 Å². The first-order valence-corrected chi connectivity index (χ1v) is 7.00. The highest BCUT2D eigenvalue weighted by Gasteiger charge is 2.04. The van der Waals surface area contributed by atoms with Crippen LogP contribution in [0.4, 0.5) is 0 Å². The minimum absolute atomic E-state index is 0.424. The Balaban J connectivity index is 2.54. The van der Waals surface area contributed by atoms with Gasteiger partial charge in [0.05, 0.1) is 13.2 Å². The molecule has 0 spiro atoms. The molecule has 20 heavy (non-hydrogen) atoms. The summed E-state index contributed by atoms with van der Waals surface area (Å²) in [5, 5.41) is 3.76. The third kappa shape index (κ3) is 5.97. The SMILES string of the molecule is C=C(C)CN=C(N)NCCc1cc(Cl)ccc1OCC. The number of benzene rings is 1. The fourth-order valence-corrected chi connectivity index (χ4v) is 1.84. The Morgan fingerprint density at radius 2 is 2.25 bits per heavy atom. The number of rotatable bonds is 7. The van der Waals surface area contributed by atoms with Gasteiger partial charge in [-0.1, -0.05) is 23.8 Å². The van der Waals surface area contributed by atoms with E-state index < -0.39 is 0 Å². The van der Waals surface area contributed by atoms with Crippen LogP contribution in [0, 0.1) is 0 Å². The molecule has 0 aliphatic carbocycles. The number of ether oxygens (including phenoxy) is 1. The van der Waals surface area contributed by atoms with Crippen LogP contribution in [-0.4, -0.2) is 25.7 Å². The summed E-state index contributed by atoms with van der Waals surface area (Å²) in [7, 11) is 0. The van der Waals surface area contributed by atoms with Gasteiger partial charge in [-0.2, -0.15) is 0 Å². The summed E-state index contributed by atoms with van der Waals surface area (Å²) < 4.78 is 5.57. The second-order valence-corrected chi connectivity index (χ2v) is 4.96. The number of nitrogens with zero attached hydrogens (tertiary/aromatic N) is 1. The van der Waals surface area contributed by atoms with Gasteiger partial charge in [0.1, 0.15) is 5.75 Å². The summed E-state index contributed by atoms with van der Waals surface area (Å²) in [5.74, 6) is 1.28. The maximum atomic E-state index is 6.01. The molecule has 0 amide bonds. The van der Waals surface area contributed by atoms with Crippen LogP contribution >= 0.6 is 11.6 Å². The van der Waals surface area contributed by atoms with E-state index in [1.165, 1.54) is 0 Å². The molecular weight excluding hydrogens is 274 g/mol. The van der Waals surface area contributed by atoms with Crippen molar-refractivity contribution in [1.82, 2.24) is 5.32 Å². The zero-order chi connectivity index (χ0) is 15.0. The molecule has 0 aliphatic rings. The molecule has 5 heteroatoms.